The fourth-order valence-electron chi connectivity index (χ4n) is 8.57. The van der Waals surface area contributed by atoms with Gasteiger partial charge in [0.2, 0.25) is 5.95 Å². The van der Waals surface area contributed by atoms with Gasteiger partial charge in [0.1, 0.15) is 22.7 Å². The standard InChI is InChI=1S/C49H26N4O2/c50-27-30-23-24-35-39-25-38-33-9-2-5-16-41(33)53(42(38)26-45(39)54-44-18-8-12-31(30)46(35)44)49-51-40-15-4-1-11-37(40)47(52-49)29-21-19-28(20-22-29)32-13-7-14-36-34-10-3-6-17-43(34)55-48(32)36/h1-26H. The molecule has 3 aromatic heterocycles. The number of para-hydroxylation sites is 4. The summed E-state index contributed by atoms with van der Waals surface area (Å²) in [5, 5.41) is 17.0. The van der Waals surface area contributed by atoms with Crippen molar-refractivity contribution in [2.45, 2.75) is 0 Å². The van der Waals surface area contributed by atoms with E-state index in [2.05, 4.69) is 102 Å². The van der Waals surface area contributed by atoms with Crippen LogP contribution in [0.3, 0.4) is 0 Å². The second kappa shape index (κ2) is 11.1. The van der Waals surface area contributed by atoms with Crippen LogP contribution in [0.1, 0.15) is 5.56 Å². The lowest BCUT2D eigenvalue weighted by Crippen LogP contribution is -2.04. The Morgan fingerprint density at radius 3 is 2.15 bits per heavy atom. The average Bonchev–Trinajstić information content (AvgIpc) is 3.78. The topological polar surface area (TPSA) is 76.9 Å². The van der Waals surface area contributed by atoms with Crippen LogP contribution in [0.15, 0.2) is 162 Å². The third-order valence-electron chi connectivity index (χ3n) is 11.1. The van der Waals surface area contributed by atoms with E-state index < -0.39 is 0 Å². The molecule has 0 unspecified atom stereocenters. The number of hydrogen-bond acceptors (Lipinski definition) is 5. The maximum atomic E-state index is 9.84. The molecule has 6 heteroatoms. The Hall–Kier alpha value is -7.75. The van der Waals surface area contributed by atoms with Crippen molar-refractivity contribution in [1.82, 2.24) is 14.5 Å². The van der Waals surface area contributed by atoms with Crippen LogP contribution in [0.4, 0.5) is 0 Å². The van der Waals surface area contributed by atoms with E-state index in [-0.39, 0.29) is 0 Å². The fraction of sp³-hybridized carbons (Fsp3) is 0. The van der Waals surface area contributed by atoms with Crippen LogP contribution in [0, 0.1) is 11.3 Å². The van der Waals surface area contributed by atoms with Gasteiger partial charge in [-0.05, 0) is 47.5 Å². The van der Waals surface area contributed by atoms with E-state index in [1.807, 2.05) is 66.7 Å². The zero-order chi connectivity index (χ0) is 36.2. The highest BCUT2D eigenvalue weighted by Crippen LogP contribution is 2.50. The molecule has 0 fully saturated rings. The van der Waals surface area contributed by atoms with Gasteiger partial charge in [-0.2, -0.15) is 5.26 Å². The summed E-state index contributed by atoms with van der Waals surface area (Å²) in [6.07, 6.45) is 0. The molecular weight excluding hydrogens is 677 g/mol. The van der Waals surface area contributed by atoms with Gasteiger partial charge in [0.05, 0.1) is 33.9 Å². The molecule has 11 aromatic rings. The lowest BCUT2D eigenvalue weighted by Gasteiger charge is -2.22. The molecule has 0 atom stereocenters. The highest BCUT2D eigenvalue weighted by Gasteiger charge is 2.25. The molecule has 12 rings (SSSR count). The molecule has 55 heavy (non-hydrogen) atoms. The highest BCUT2D eigenvalue weighted by atomic mass is 16.5. The summed E-state index contributed by atoms with van der Waals surface area (Å²) >= 11 is 0. The molecule has 8 aromatic carbocycles. The maximum absolute atomic E-state index is 9.84. The third-order valence-corrected chi connectivity index (χ3v) is 11.1. The van der Waals surface area contributed by atoms with Crippen LogP contribution in [-0.4, -0.2) is 14.5 Å². The van der Waals surface area contributed by atoms with E-state index in [0.717, 1.165) is 110 Å². The Labute approximate surface area is 313 Å². The van der Waals surface area contributed by atoms with Crippen molar-refractivity contribution in [3.63, 3.8) is 0 Å². The van der Waals surface area contributed by atoms with Crippen molar-refractivity contribution in [2.75, 3.05) is 0 Å². The minimum absolute atomic E-state index is 0.577. The number of fused-ring (bicyclic) bond motifs is 9. The number of furan rings is 1. The van der Waals surface area contributed by atoms with Gasteiger partial charge in [-0.1, -0.05) is 115 Å². The van der Waals surface area contributed by atoms with Crippen molar-refractivity contribution < 1.29 is 9.15 Å². The molecule has 0 saturated carbocycles. The second-order valence-corrected chi connectivity index (χ2v) is 14.0. The van der Waals surface area contributed by atoms with Crippen LogP contribution in [-0.2, 0) is 0 Å². The zero-order valence-electron chi connectivity index (χ0n) is 29.1. The Balaban J connectivity index is 1.05. The Kier molecular flexibility index (Phi) is 6.03. The number of ether oxygens (including phenoxy) is 1. The smallest absolute Gasteiger partial charge is 0.235 e. The molecule has 0 N–H and O–H groups in total. The predicted octanol–water partition coefficient (Wildman–Crippen LogP) is 12.8. The number of hydrogen-bond donors (Lipinski definition) is 0. The molecule has 6 nitrogen and oxygen atoms in total. The predicted molar refractivity (Wildman–Crippen MR) is 220 cm³/mol. The van der Waals surface area contributed by atoms with Crippen molar-refractivity contribution in [2.24, 2.45) is 0 Å². The first-order valence-electron chi connectivity index (χ1n) is 18.2. The third kappa shape index (κ3) is 4.23. The lowest BCUT2D eigenvalue weighted by atomic mass is 9.91. The van der Waals surface area contributed by atoms with Gasteiger partial charge in [0.25, 0.3) is 0 Å². The van der Waals surface area contributed by atoms with E-state index in [1.54, 1.807) is 0 Å². The SMILES string of the molecule is N#Cc1ccc2c3c(cccc13)Oc1cc3c(cc1-2)c1ccccc1n3-c1nc(-c2ccc(-c3cccc4c3oc3ccccc34)cc2)c2ccccc2n1. The molecule has 1 aliphatic rings. The molecule has 0 aliphatic carbocycles. The summed E-state index contributed by atoms with van der Waals surface area (Å²) < 4.78 is 15.1. The molecular formula is C49H26N4O2. The summed E-state index contributed by atoms with van der Waals surface area (Å²) in [6, 6.07) is 56.2. The van der Waals surface area contributed by atoms with Gasteiger partial charge < -0.3 is 9.15 Å². The first kappa shape index (κ1) is 29.8. The Bertz CT molecular complexity index is 3480. The van der Waals surface area contributed by atoms with Crippen molar-refractivity contribution >= 4 is 65.4 Å². The Morgan fingerprint density at radius 2 is 1.25 bits per heavy atom. The summed E-state index contributed by atoms with van der Waals surface area (Å²) in [7, 11) is 0. The molecule has 1 aliphatic heterocycles. The summed E-state index contributed by atoms with van der Waals surface area (Å²) in [5.74, 6) is 2.06. The van der Waals surface area contributed by atoms with E-state index >= 15 is 0 Å². The van der Waals surface area contributed by atoms with Crippen LogP contribution in [0.2, 0.25) is 0 Å². The van der Waals surface area contributed by atoms with Gasteiger partial charge in [-0.3, -0.25) is 4.57 Å². The zero-order valence-corrected chi connectivity index (χ0v) is 29.1. The number of nitriles is 1. The summed E-state index contributed by atoms with van der Waals surface area (Å²) in [6.45, 7) is 0. The lowest BCUT2D eigenvalue weighted by molar-refractivity contribution is 0.487. The minimum atomic E-state index is 0.577. The van der Waals surface area contributed by atoms with Crippen LogP contribution < -0.4 is 4.74 Å². The Morgan fingerprint density at radius 1 is 0.509 bits per heavy atom. The number of nitrogens with zero attached hydrogens (tertiary/aromatic N) is 4. The fourth-order valence-corrected chi connectivity index (χ4v) is 8.57. The number of benzene rings is 8. The van der Waals surface area contributed by atoms with Gasteiger partial charge >= 0.3 is 0 Å². The molecule has 4 heterocycles. The monoisotopic (exact) mass is 702 g/mol. The van der Waals surface area contributed by atoms with Crippen molar-refractivity contribution in [3.8, 4) is 57.0 Å². The molecule has 0 saturated heterocycles. The van der Waals surface area contributed by atoms with E-state index in [0.29, 0.717) is 11.5 Å². The molecule has 254 valence electrons. The van der Waals surface area contributed by atoms with Crippen LogP contribution >= 0.6 is 0 Å². The first-order valence-corrected chi connectivity index (χ1v) is 18.2. The number of rotatable bonds is 3. The quantitative estimate of drug-likeness (QED) is 0.183. The van der Waals surface area contributed by atoms with E-state index in [4.69, 9.17) is 19.1 Å². The van der Waals surface area contributed by atoms with Gasteiger partial charge in [0, 0.05) is 60.5 Å². The summed E-state index contributed by atoms with van der Waals surface area (Å²) in [4.78, 5) is 10.5. The highest BCUT2D eigenvalue weighted by molar-refractivity contribution is 6.14. The molecule has 0 radical (unpaired) electrons. The molecule has 0 bridgehead atoms. The van der Waals surface area contributed by atoms with Crippen LogP contribution in [0.5, 0.6) is 11.5 Å². The van der Waals surface area contributed by atoms with E-state index in [1.165, 1.54) is 0 Å². The van der Waals surface area contributed by atoms with E-state index in [9.17, 15) is 5.26 Å². The average molecular weight is 703 g/mol. The minimum Gasteiger partial charge on any atom is -0.456 e. The van der Waals surface area contributed by atoms with Crippen molar-refractivity contribution in [3.05, 3.63) is 163 Å². The van der Waals surface area contributed by atoms with Crippen LogP contribution in [0.25, 0.3) is 105 Å². The van der Waals surface area contributed by atoms with Gasteiger partial charge in [-0.15, -0.1) is 0 Å². The number of aromatic nitrogens is 3. The summed E-state index contributed by atoms with van der Waals surface area (Å²) in [5.41, 5.74) is 11.2. The van der Waals surface area contributed by atoms with Gasteiger partial charge in [-0.25, -0.2) is 9.97 Å². The molecule has 0 spiro atoms. The van der Waals surface area contributed by atoms with Gasteiger partial charge in [0.15, 0.2) is 0 Å². The first-order chi connectivity index (χ1) is 27.2. The maximum Gasteiger partial charge on any atom is 0.235 e. The molecule has 0 amide bonds. The second-order valence-electron chi connectivity index (χ2n) is 14.0. The largest absolute Gasteiger partial charge is 0.456 e. The normalized spacial score (nSPS) is 12.1. The van der Waals surface area contributed by atoms with Crippen molar-refractivity contribution in [1.29, 1.82) is 5.26 Å².